The first-order valence-corrected chi connectivity index (χ1v) is 9.36. The number of carbonyl (C=O) groups excluding carboxylic acids is 6. The molecule has 152 valence electrons. The van der Waals surface area contributed by atoms with Crippen LogP contribution in [-0.2, 0) is 43.0 Å². The van der Waals surface area contributed by atoms with Crippen LogP contribution in [0.4, 0.5) is 0 Å². The van der Waals surface area contributed by atoms with Crippen molar-refractivity contribution in [1.82, 2.24) is 0 Å². The number of rotatable bonds is 14. The van der Waals surface area contributed by atoms with Crippen LogP contribution in [0.2, 0.25) is 0 Å². The Labute approximate surface area is 170 Å². The molecule has 0 aromatic heterocycles. The van der Waals surface area contributed by atoms with E-state index in [2.05, 4.69) is 0 Å². The summed E-state index contributed by atoms with van der Waals surface area (Å²) < 4.78 is 14.7. The molecule has 1 unspecified atom stereocenters. The second-order valence-corrected chi connectivity index (χ2v) is 6.94. The highest BCUT2D eigenvalue weighted by Crippen LogP contribution is 2.05. The molecule has 27 heavy (non-hydrogen) atoms. The minimum absolute atomic E-state index is 0.00150. The number of hydrogen-bond donors (Lipinski definition) is 0. The Balaban J connectivity index is 4.54. The van der Waals surface area contributed by atoms with Crippen molar-refractivity contribution in [1.29, 1.82) is 0 Å². The molecule has 0 heterocycles. The molecule has 0 amide bonds. The van der Waals surface area contributed by atoms with Crippen molar-refractivity contribution in [2.75, 3.05) is 13.2 Å². The summed E-state index contributed by atoms with van der Waals surface area (Å²) in [5, 5.41) is 0. The molecule has 0 fully saturated rings. The Kier molecular flexibility index (Phi) is 13.3. The average Bonchev–Trinajstić information content (AvgIpc) is 2.58. The monoisotopic (exact) mass is 498 g/mol. The lowest BCUT2D eigenvalue weighted by Crippen LogP contribution is -2.31. The van der Waals surface area contributed by atoms with E-state index in [1.807, 2.05) is 0 Å². The Hall–Kier alpha value is -1.85. The minimum Gasteiger partial charge on any atom is -0.462 e. The van der Waals surface area contributed by atoms with Gasteiger partial charge in [0.15, 0.2) is 9.89 Å². The van der Waals surface area contributed by atoms with E-state index >= 15 is 0 Å². The fourth-order valence-electron chi connectivity index (χ4n) is 1.63. The molecule has 0 rings (SSSR count). The van der Waals surface area contributed by atoms with Crippen LogP contribution in [0.1, 0.15) is 52.4 Å². The number of esters is 3. The Bertz CT molecular complexity index is 537. The van der Waals surface area contributed by atoms with Gasteiger partial charge in [0, 0.05) is 19.3 Å². The van der Waals surface area contributed by atoms with Crippen LogP contribution < -0.4 is 0 Å². The number of hydrogen-bond acceptors (Lipinski definition) is 9. The van der Waals surface area contributed by atoms with Crippen molar-refractivity contribution >= 4 is 55.9 Å². The second-order valence-electron chi connectivity index (χ2n) is 5.74. The van der Waals surface area contributed by atoms with Gasteiger partial charge in [-0.3, -0.25) is 19.2 Å². The zero-order chi connectivity index (χ0) is 20.8. The van der Waals surface area contributed by atoms with Gasteiger partial charge in [0.2, 0.25) is 0 Å². The highest BCUT2D eigenvalue weighted by molar-refractivity contribution is 14.1. The van der Waals surface area contributed by atoms with Gasteiger partial charge in [0.05, 0.1) is 19.3 Å². The zero-order valence-electron chi connectivity index (χ0n) is 15.3. The van der Waals surface area contributed by atoms with E-state index in [9.17, 15) is 28.8 Å². The van der Waals surface area contributed by atoms with Crippen LogP contribution in [0.5, 0.6) is 0 Å². The summed E-state index contributed by atoms with van der Waals surface area (Å²) in [6.45, 7) is 1.95. The van der Waals surface area contributed by atoms with Gasteiger partial charge in [-0.15, -0.1) is 0 Å². The molecular weight excluding hydrogens is 475 g/mol. The van der Waals surface area contributed by atoms with Crippen LogP contribution in [0.15, 0.2) is 0 Å². The van der Waals surface area contributed by atoms with Crippen molar-refractivity contribution in [3.8, 4) is 0 Å². The molecule has 0 aromatic rings. The van der Waals surface area contributed by atoms with E-state index in [1.165, 1.54) is 13.8 Å². The van der Waals surface area contributed by atoms with Gasteiger partial charge >= 0.3 is 17.9 Å². The fourth-order valence-corrected chi connectivity index (χ4v) is 1.90. The molecule has 1 atom stereocenters. The smallest absolute Gasteiger partial charge is 0.306 e. The molecule has 0 spiro atoms. The summed E-state index contributed by atoms with van der Waals surface area (Å²) in [5.41, 5.74) is 0. The molecule has 0 aliphatic heterocycles. The fraction of sp³-hybridized carbons (Fsp3) is 0.647. The third-order valence-electron chi connectivity index (χ3n) is 3.05. The summed E-state index contributed by atoms with van der Waals surface area (Å²) in [4.78, 5) is 67.5. The molecule has 0 bridgehead atoms. The van der Waals surface area contributed by atoms with Crippen molar-refractivity contribution < 1.29 is 43.0 Å². The van der Waals surface area contributed by atoms with E-state index < -0.39 is 24.0 Å². The SMILES string of the molecule is CC(=O)CCC(=O)OCC(COC(=O)CCC(=O)I)OC(=O)CCC(C)=O. The molecule has 0 aromatic carbocycles. The lowest BCUT2D eigenvalue weighted by Gasteiger charge is -2.18. The highest BCUT2D eigenvalue weighted by Gasteiger charge is 2.20. The van der Waals surface area contributed by atoms with Crippen LogP contribution in [-0.4, -0.2) is 52.6 Å². The first-order valence-electron chi connectivity index (χ1n) is 8.28. The largest absolute Gasteiger partial charge is 0.462 e. The molecule has 0 aliphatic carbocycles. The molecule has 0 radical (unpaired) electrons. The van der Waals surface area contributed by atoms with E-state index in [0.29, 0.717) is 0 Å². The summed E-state index contributed by atoms with van der Waals surface area (Å²) in [6, 6.07) is 0. The van der Waals surface area contributed by atoms with Gasteiger partial charge in [-0.2, -0.15) is 0 Å². The first-order chi connectivity index (χ1) is 12.6. The maximum Gasteiger partial charge on any atom is 0.306 e. The van der Waals surface area contributed by atoms with Gasteiger partial charge in [-0.1, -0.05) is 0 Å². The van der Waals surface area contributed by atoms with E-state index in [0.717, 1.165) is 0 Å². The van der Waals surface area contributed by atoms with Gasteiger partial charge in [0.25, 0.3) is 0 Å². The molecule has 0 saturated heterocycles. The van der Waals surface area contributed by atoms with Gasteiger partial charge < -0.3 is 23.8 Å². The Morgan fingerprint density at radius 3 is 1.48 bits per heavy atom. The third-order valence-corrected chi connectivity index (χ3v) is 3.59. The van der Waals surface area contributed by atoms with Gasteiger partial charge in [-0.05, 0) is 36.4 Å². The van der Waals surface area contributed by atoms with E-state index in [4.69, 9.17) is 14.2 Å². The Morgan fingerprint density at radius 1 is 0.667 bits per heavy atom. The maximum absolute atomic E-state index is 11.7. The maximum atomic E-state index is 11.7. The lowest BCUT2D eigenvalue weighted by molar-refractivity contribution is -0.167. The molecule has 9 nitrogen and oxygen atoms in total. The number of halogens is 1. The van der Waals surface area contributed by atoms with Crippen LogP contribution in [0, 0.1) is 0 Å². The first kappa shape index (κ1) is 25.1. The molecular formula is C17H23IO9. The van der Waals surface area contributed by atoms with Crippen molar-refractivity contribution in [2.24, 2.45) is 0 Å². The number of carbonyl (C=O) groups is 6. The van der Waals surface area contributed by atoms with Gasteiger partial charge in [0.1, 0.15) is 24.8 Å². The number of ketones is 2. The summed E-state index contributed by atoms with van der Waals surface area (Å²) in [6.07, 6.45) is -1.39. The lowest BCUT2D eigenvalue weighted by atomic mass is 10.2. The molecule has 10 heteroatoms. The van der Waals surface area contributed by atoms with Crippen LogP contribution in [0.25, 0.3) is 0 Å². The summed E-state index contributed by atoms with van der Waals surface area (Å²) in [5.74, 6) is -2.37. The topological polar surface area (TPSA) is 130 Å². The summed E-state index contributed by atoms with van der Waals surface area (Å²) >= 11 is 1.56. The zero-order valence-corrected chi connectivity index (χ0v) is 17.4. The molecule has 0 aliphatic rings. The van der Waals surface area contributed by atoms with Crippen LogP contribution >= 0.6 is 22.6 Å². The van der Waals surface area contributed by atoms with Crippen molar-refractivity contribution in [2.45, 2.75) is 58.5 Å². The predicted octanol–water partition coefficient (Wildman–Crippen LogP) is 1.46. The normalized spacial score (nSPS) is 11.2. The van der Waals surface area contributed by atoms with Gasteiger partial charge in [-0.25, -0.2) is 0 Å². The molecule has 0 N–H and O–H groups in total. The van der Waals surface area contributed by atoms with E-state index in [-0.39, 0.29) is 67.1 Å². The highest BCUT2D eigenvalue weighted by atomic mass is 127. The second kappa shape index (κ2) is 14.2. The quantitative estimate of drug-likeness (QED) is 0.151. The van der Waals surface area contributed by atoms with Crippen LogP contribution in [0.3, 0.4) is 0 Å². The summed E-state index contributed by atoms with van der Waals surface area (Å²) in [7, 11) is 0. The third kappa shape index (κ3) is 16.1. The predicted molar refractivity (Wildman–Crippen MR) is 99.9 cm³/mol. The van der Waals surface area contributed by atoms with Crippen molar-refractivity contribution in [3.05, 3.63) is 0 Å². The number of Topliss-reactive ketones (excluding diaryl/α,β-unsaturated/α-hetero) is 2. The minimum atomic E-state index is -1.05. The molecule has 0 saturated carbocycles. The standard InChI is InChI=1S/C17H23IO9/c1-11(19)3-6-15(22)25-9-13(27-17(24)7-4-12(2)20)10-26-16(23)8-5-14(18)21/h13H,3-10H2,1-2H3. The van der Waals surface area contributed by atoms with E-state index in [1.54, 1.807) is 22.6 Å². The van der Waals surface area contributed by atoms with Crippen molar-refractivity contribution in [3.63, 3.8) is 0 Å². The Morgan fingerprint density at radius 2 is 1.07 bits per heavy atom. The number of ether oxygens (including phenoxy) is 3. The average molecular weight is 498 g/mol.